The van der Waals surface area contributed by atoms with E-state index < -0.39 is 10.0 Å². The fourth-order valence-electron chi connectivity index (χ4n) is 3.11. The summed E-state index contributed by atoms with van der Waals surface area (Å²) in [5.41, 5.74) is 5.11. The molecule has 0 fully saturated rings. The van der Waals surface area contributed by atoms with Gasteiger partial charge in [0.25, 0.3) is 0 Å². The van der Waals surface area contributed by atoms with Gasteiger partial charge >= 0.3 is 0 Å². The molecule has 0 unspecified atom stereocenters. The van der Waals surface area contributed by atoms with Crippen molar-refractivity contribution in [2.24, 2.45) is 7.05 Å². The minimum absolute atomic E-state index is 0.00380. The van der Waals surface area contributed by atoms with E-state index in [-0.39, 0.29) is 5.78 Å². The molecule has 3 aromatic rings. The van der Waals surface area contributed by atoms with Gasteiger partial charge < -0.3 is 4.57 Å². The number of carbonyl (C=O) groups is 1. The molecule has 6 heteroatoms. The van der Waals surface area contributed by atoms with Gasteiger partial charge in [-0.05, 0) is 41.8 Å². The maximum atomic E-state index is 12.8. The van der Waals surface area contributed by atoms with Crippen LogP contribution in [0.2, 0.25) is 0 Å². The molecule has 1 aromatic heterocycles. The second kappa shape index (κ2) is 8.02. The van der Waals surface area contributed by atoms with Crippen molar-refractivity contribution >= 4 is 21.5 Å². The summed E-state index contributed by atoms with van der Waals surface area (Å²) in [6.07, 6.45) is 2.72. The van der Waals surface area contributed by atoms with E-state index in [1.165, 1.54) is 5.56 Å². The fourth-order valence-corrected chi connectivity index (χ4v) is 3.68. The molecule has 0 spiro atoms. The van der Waals surface area contributed by atoms with Gasteiger partial charge in [0.15, 0.2) is 0 Å². The number of nitrogens with one attached hydrogen (secondary N) is 1. The molecule has 2 aromatic carbocycles. The van der Waals surface area contributed by atoms with Gasteiger partial charge in [0.1, 0.15) is 0 Å². The van der Waals surface area contributed by atoms with Crippen molar-refractivity contribution < 1.29 is 13.2 Å². The highest BCUT2D eigenvalue weighted by atomic mass is 32.2. The van der Waals surface area contributed by atoms with Crippen LogP contribution in [0.5, 0.6) is 0 Å². The maximum Gasteiger partial charge on any atom is 0.229 e. The molecule has 0 saturated carbocycles. The van der Waals surface area contributed by atoms with Crippen molar-refractivity contribution in [3.05, 3.63) is 88.7 Å². The summed E-state index contributed by atoms with van der Waals surface area (Å²) >= 11 is 0. The van der Waals surface area contributed by atoms with Crippen LogP contribution in [0.15, 0.2) is 60.7 Å². The summed E-state index contributed by atoms with van der Waals surface area (Å²) in [4.78, 5) is 12.8. The number of hydrogen-bond acceptors (Lipinski definition) is 3. The first-order valence-corrected chi connectivity index (χ1v) is 11.0. The van der Waals surface area contributed by atoms with Gasteiger partial charge in [-0.2, -0.15) is 0 Å². The molecule has 146 valence electrons. The van der Waals surface area contributed by atoms with E-state index in [0.29, 0.717) is 23.4 Å². The first-order chi connectivity index (χ1) is 13.3. The lowest BCUT2D eigenvalue weighted by atomic mass is 10.1. The molecule has 1 N–H and O–H groups in total. The van der Waals surface area contributed by atoms with Crippen LogP contribution in [0.1, 0.15) is 39.8 Å². The molecule has 0 saturated heterocycles. The average Bonchev–Trinajstić information content (AvgIpc) is 3.02. The highest BCUT2D eigenvalue weighted by Gasteiger charge is 2.15. The van der Waals surface area contributed by atoms with Crippen LogP contribution in [0.25, 0.3) is 0 Å². The normalized spacial score (nSPS) is 11.4. The lowest BCUT2D eigenvalue weighted by molar-refractivity contribution is 0.103. The molecule has 0 aliphatic carbocycles. The van der Waals surface area contributed by atoms with Gasteiger partial charge in [-0.15, -0.1) is 0 Å². The van der Waals surface area contributed by atoms with Gasteiger partial charge in [-0.1, -0.05) is 43.3 Å². The first kappa shape index (κ1) is 19.9. The molecular weight excluding hydrogens is 372 g/mol. The average molecular weight is 397 g/mol. The molecule has 0 amide bonds. The summed E-state index contributed by atoms with van der Waals surface area (Å²) < 4.78 is 27.0. The van der Waals surface area contributed by atoms with Crippen molar-refractivity contribution in [2.75, 3.05) is 11.0 Å². The predicted octanol–water partition coefficient (Wildman–Crippen LogP) is 3.78. The van der Waals surface area contributed by atoms with Crippen molar-refractivity contribution in [1.29, 1.82) is 0 Å². The summed E-state index contributed by atoms with van der Waals surface area (Å²) in [7, 11) is -1.39. The maximum absolute atomic E-state index is 12.8. The molecule has 0 radical (unpaired) electrons. The smallest absolute Gasteiger partial charge is 0.229 e. The topological polar surface area (TPSA) is 68.2 Å². The Morgan fingerprint density at radius 2 is 1.54 bits per heavy atom. The Morgan fingerprint density at radius 3 is 2.11 bits per heavy atom. The van der Waals surface area contributed by atoms with Crippen LogP contribution < -0.4 is 4.72 Å². The Hall–Kier alpha value is -2.86. The van der Waals surface area contributed by atoms with Crippen LogP contribution in [0.3, 0.4) is 0 Å². The number of nitrogens with zero attached hydrogens (tertiary/aromatic N) is 1. The lowest BCUT2D eigenvalue weighted by Gasteiger charge is -2.09. The molecular formula is C22H24N2O3S. The summed E-state index contributed by atoms with van der Waals surface area (Å²) in [5.74, 6) is 0.00380. The summed E-state index contributed by atoms with van der Waals surface area (Å²) in [5, 5.41) is 0. The van der Waals surface area contributed by atoms with Crippen LogP contribution in [0.4, 0.5) is 5.69 Å². The molecule has 1 heterocycles. The van der Waals surface area contributed by atoms with Crippen molar-refractivity contribution in [3.8, 4) is 0 Å². The second-order valence-corrected chi connectivity index (χ2v) is 8.64. The zero-order chi connectivity index (χ0) is 20.3. The van der Waals surface area contributed by atoms with E-state index in [0.717, 1.165) is 23.9 Å². The number of aromatic nitrogens is 1. The minimum Gasteiger partial charge on any atom is -0.345 e. The number of carbonyl (C=O) groups excluding carboxylic acids is 1. The third-order valence-corrected chi connectivity index (χ3v) is 5.33. The Labute approximate surface area is 166 Å². The Bertz CT molecular complexity index is 1080. The molecule has 3 rings (SSSR count). The fraction of sp³-hybridized carbons (Fsp3) is 0.227. The SMILES string of the molecule is CCc1ccc(C(=O)c2ccc(Cc3ccc(NS(C)(=O)=O)cc3)n2C)cc1. The number of ketones is 1. The predicted molar refractivity (Wildman–Crippen MR) is 112 cm³/mol. The van der Waals surface area contributed by atoms with E-state index in [1.807, 2.05) is 60.1 Å². The zero-order valence-corrected chi connectivity index (χ0v) is 17.1. The standard InChI is InChI=1S/C22H24N2O3S/c1-4-16-5-9-18(10-6-16)22(25)21-14-13-20(24(21)2)15-17-7-11-19(12-8-17)23-28(3,26)27/h5-14,23H,4,15H2,1-3H3. The first-order valence-electron chi connectivity index (χ1n) is 9.12. The second-order valence-electron chi connectivity index (χ2n) is 6.90. The largest absolute Gasteiger partial charge is 0.345 e. The highest BCUT2D eigenvalue weighted by molar-refractivity contribution is 7.92. The van der Waals surface area contributed by atoms with Crippen LogP contribution in [-0.4, -0.2) is 25.0 Å². The van der Waals surface area contributed by atoms with E-state index in [1.54, 1.807) is 12.1 Å². The number of rotatable bonds is 7. The van der Waals surface area contributed by atoms with Gasteiger partial charge in [-0.25, -0.2) is 8.42 Å². The van der Waals surface area contributed by atoms with Crippen LogP contribution >= 0.6 is 0 Å². The molecule has 28 heavy (non-hydrogen) atoms. The van der Waals surface area contributed by atoms with Crippen molar-refractivity contribution in [1.82, 2.24) is 4.57 Å². The van der Waals surface area contributed by atoms with Crippen molar-refractivity contribution in [3.63, 3.8) is 0 Å². The van der Waals surface area contributed by atoms with Gasteiger partial charge in [-0.3, -0.25) is 9.52 Å². The van der Waals surface area contributed by atoms with E-state index in [2.05, 4.69) is 11.6 Å². The highest BCUT2D eigenvalue weighted by Crippen LogP contribution is 2.18. The Kier molecular flexibility index (Phi) is 5.70. The number of sulfonamides is 1. The molecule has 0 aliphatic heterocycles. The molecule has 0 atom stereocenters. The third-order valence-electron chi connectivity index (χ3n) is 4.73. The third kappa shape index (κ3) is 4.70. The van der Waals surface area contributed by atoms with Gasteiger partial charge in [0.05, 0.1) is 11.9 Å². The molecule has 0 aliphatic rings. The van der Waals surface area contributed by atoms with E-state index in [4.69, 9.17) is 0 Å². The zero-order valence-electron chi connectivity index (χ0n) is 16.3. The Balaban J connectivity index is 1.76. The number of hydrogen-bond donors (Lipinski definition) is 1. The number of benzene rings is 2. The van der Waals surface area contributed by atoms with Gasteiger partial charge in [0, 0.05) is 30.4 Å². The number of aryl methyl sites for hydroxylation is 1. The number of anilines is 1. The molecule has 5 nitrogen and oxygen atoms in total. The Morgan fingerprint density at radius 1 is 0.929 bits per heavy atom. The molecule has 0 bridgehead atoms. The minimum atomic E-state index is -3.28. The van der Waals surface area contributed by atoms with Gasteiger partial charge in [0.2, 0.25) is 15.8 Å². The quantitative estimate of drug-likeness (QED) is 0.618. The summed E-state index contributed by atoms with van der Waals surface area (Å²) in [6, 6.07) is 18.8. The van der Waals surface area contributed by atoms with Crippen LogP contribution in [0, 0.1) is 0 Å². The van der Waals surface area contributed by atoms with E-state index in [9.17, 15) is 13.2 Å². The van der Waals surface area contributed by atoms with Crippen molar-refractivity contribution in [2.45, 2.75) is 19.8 Å². The monoisotopic (exact) mass is 396 g/mol. The lowest BCUT2D eigenvalue weighted by Crippen LogP contribution is -2.10. The van der Waals surface area contributed by atoms with Crippen LogP contribution in [-0.2, 0) is 29.9 Å². The summed E-state index contributed by atoms with van der Waals surface area (Å²) in [6.45, 7) is 2.09. The van der Waals surface area contributed by atoms with E-state index >= 15 is 0 Å².